The lowest BCUT2D eigenvalue weighted by Crippen LogP contribution is -2.26. The molecule has 0 saturated heterocycles. The fraction of sp³-hybridized carbons (Fsp3) is 0.625. The largest absolute Gasteiger partial charge is 0.197 e. The Morgan fingerprint density at radius 3 is 1.24 bits per heavy atom. The van der Waals surface area contributed by atoms with E-state index in [1.54, 1.807) is 0 Å². The van der Waals surface area contributed by atoms with Gasteiger partial charge in [0.2, 0.25) is 0 Å². The second-order valence-corrected chi connectivity index (χ2v) is 6.21. The zero-order valence-corrected chi connectivity index (χ0v) is 12.4. The van der Waals surface area contributed by atoms with E-state index in [0.717, 1.165) is 5.92 Å². The lowest BCUT2D eigenvalue weighted by atomic mass is 9.71. The first kappa shape index (κ1) is 14.6. The van der Waals surface area contributed by atoms with Gasteiger partial charge in [0.25, 0.3) is 0 Å². The van der Waals surface area contributed by atoms with Crippen LogP contribution < -0.4 is 0 Å². The number of hydrogen-bond donors (Lipinski definition) is 0. The molecule has 0 amide bonds. The second-order valence-electron chi connectivity index (χ2n) is 6.21. The lowest BCUT2D eigenvalue weighted by molar-refractivity contribution is 0.152. The van der Waals surface area contributed by atoms with Crippen LogP contribution in [0.15, 0.2) is 36.4 Å². The van der Waals surface area contributed by atoms with E-state index in [9.17, 15) is 0 Å². The van der Waals surface area contributed by atoms with Gasteiger partial charge in [0.15, 0.2) is 0 Å². The molecule has 1 aromatic rings. The molecule has 0 atom stereocenters. The van der Waals surface area contributed by atoms with Gasteiger partial charge in [0.05, 0.1) is 0 Å². The SMILES string of the molecule is CC12CCC(CC1)C2(C)C.S.c1ccccc1. The van der Waals surface area contributed by atoms with Crippen molar-refractivity contribution in [3.05, 3.63) is 36.4 Å². The van der Waals surface area contributed by atoms with Gasteiger partial charge in [-0.15, -0.1) is 0 Å². The van der Waals surface area contributed by atoms with Gasteiger partial charge in [-0.05, 0) is 42.4 Å². The van der Waals surface area contributed by atoms with Crippen LogP contribution in [0, 0.1) is 16.7 Å². The summed E-state index contributed by atoms with van der Waals surface area (Å²) in [6.07, 6.45) is 5.99. The zero-order chi connectivity index (χ0) is 11.6. The Bertz CT molecular complexity index is 291. The Balaban J connectivity index is 0.000000180. The van der Waals surface area contributed by atoms with E-state index >= 15 is 0 Å². The van der Waals surface area contributed by atoms with Crippen LogP contribution in [0.4, 0.5) is 0 Å². The van der Waals surface area contributed by atoms with Crippen molar-refractivity contribution in [2.24, 2.45) is 16.7 Å². The molecule has 3 rings (SSSR count). The minimum atomic E-state index is 0. The number of benzene rings is 1. The molecule has 0 unspecified atom stereocenters. The molecule has 0 spiro atoms. The van der Waals surface area contributed by atoms with Crippen LogP contribution in [0.5, 0.6) is 0 Å². The average Bonchev–Trinajstić information content (AvgIpc) is 2.66. The number of hydrogen-bond acceptors (Lipinski definition) is 0. The first-order chi connectivity index (χ1) is 7.56. The third-order valence-electron chi connectivity index (χ3n) is 5.33. The molecule has 2 bridgehead atoms. The highest BCUT2D eigenvalue weighted by Gasteiger charge is 2.55. The van der Waals surface area contributed by atoms with Crippen LogP contribution in [-0.2, 0) is 0 Å². The predicted molar refractivity (Wildman–Crippen MR) is 80.7 cm³/mol. The average molecular weight is 250 g/mol. The van der Waals surface area contributed by atoms with Crippen LogP contribution in [0.1, 0.15) is 46.5 Å². The highest BCUT2D eigenvalue weighted by molar-refractivity contribution is 7.59. The summed E-state index contributed by atoms with van der Waals surface area (Å²) in [5.74, 6) is 1.05. The van der Waals surface area contributed by atoms with Crippen molar-refractivity contribution in [1.82, 2.24) is 0 Å². The topological polar surface area (TPSA) is 0 Å². The fourth-order valence-electron chi connectivity index (χ4n) is 3.50. The first-order valence-corrected chi connectivity index (χ1v) is 6.56. The molecule has 0 radical (unpaired) electrons. The molecule has 2 saturated carbocycles. The summed E-state index contributed by atoms with van der Waals surface area (Å²) in [6, 6.07) is 12.0. The Hall–Kier alpha value is -0.430. The third kappa shape index (κ3) is 2.70. The van der Waals surface area contributed by atoms with Crippen molar-refractivity contribution >= 4 is 13.5 Å². The van der Waals surface area contributed by atoms with Crippen LogP contribution in [0.3, 0.4) is 0 Å². The Labute approximate surface area is 113 Å². The zero-order valence-electron chi connectivity index (χ0n) is 11.4. The monoisotopic (exact) mass is 250 g/mol. The molecule has 0 nitrogen and oxygen atoms in total. The Morgan fingerprint density at radius 2 is 1.12 bits per heavy atom. The molecule has 2 aliphatic carbocycles. The maximum atomic E-state index is 2.49. The molecule has 17 heavy (non-hydrogen) atoms. The van der Waals surface area contributed by atoms with Crippen LogP contribution >= 0.6 is 13.5 Å². The Morgan fingerprint density at radius 1 is 0.765 bits per heavy atom. The molecule has 1 aromatic carbocycles. The van der Waals surface area contributed by atoms with Gasteiger partial charge in [-0.1, -0.05) is 57.2 Å². The molecule has 96 valence electrons. The van der Waals surface area contributed by atoms with E-state index < -0.39 is 0 Å². The summed E-state index contributed by atoms with van der Waals surface area (Å²) in [6.45, 7) is 7.43. The maximum absolute atomic E-state index is 2.49. The van der Waals surface area contributed by atoms with Gasteiger partial charge < -0.3 is 0 Å². The number of fused-ring (bicyclic) bond motifs is 2. The van der Waals surface area contributed by atoms with E-state index in [2.05, 4.69) is 20.8 Å². The van der Waals surface area contributed by atoms with Crippen molar-refractivity contribution in [3.63, 3.8) is 0 Å². The van der Waals surface area contributed by atoms with Crippen molar-refractivity contribution in [2.75, 3.05) is 0 Å². The molecule has 2 fully saturated rings. The van der Waals surface area contributed by atoms with E-state index in [1.807, 2.05) is 36.4 Å². The minimum Gasteiger partial charge on any atom is -0.197 e. The summed E-state index contributed by atoms with van der Waals surface area (Å²) >= 11 is 0. The summed E-state index contributed by atoms with van der Waals surface area (Å²) in [5.41, 5.74) is 1.37. The normalized spacial score (nSPS) is 32.3. The van der Waals surface area contributed by atoms with Gasteiger partial charge in [-0.3, -0.25) is 0 Å². The molecule has 0 heterocycles. The Kier molecular flexibility index (Phi) is 4.71. The first-order valence-electron chi connectivity index (χ1n) is 6.56. The van der Waals surface area contributed by atoms with E-state index in [0.29, 0.717) is 10.8 Å². The van der Waals surface area contributed by atoms with Gasteiger partial charge in [0, 0.05) is 0 Å². The molecule has 2 aliphatic rings. The summed E-state index contributed by atoms with van der Waals surface area (Å²) in [4.78, 5) is 0. The van der Waals surface area contributed by atoms with Gasteiger partial charge >= 0.3 is 0 Å². The fourth-order valence-corrected chi connectivity index (χ4v) is 3.50. The third-order valence-corrected chi connectivity index (χ3v) is 5.33. The predicted octanol–water partition coefficient (Wildman–Crippen LogP) is 5.02. The maximum Gasteiger partial charge on any atom is -0.0272 e. The standard InChI is InChI=1S/C10H18.C6H6.H2S/c1-9(2)8-4-6-10(9,3)7-5-8;1-2-4-6-5-3-1;/h8H,4-7H2,1-3H3;1-6H;1H2. The van der Waals surface area contributed by atoms with Crippen molar-refractivity contribution in [1.29, 1.82) is 0 Å². The highest BCUT2D eigenvalue weighted by atomic mass is 32.1. The lowest BCUT2D eigenvalue weighted by Gasteiger charge is -2.34. The summed E-state index contributed by atoms with van der Waals surface area (Å²) in [7, 11) is 0. The van der Waals surface area contributed by atoms with Gasteiger partial charge in [-0.25, -0.2) is 0 Å². The number of rotatable bonds is 0. The van der Waals surface area contributed by atoms with Gasteiger partial charge in [-0.2, -0.15) is 13.5 Å². The van der Waals surface area contributed by atoms with E-state index in [4.69, 9.17) is 0 Å². The molecule has 0 N–H and O–H groups in total. The second kappa shape index (κ2) is 5.48. The van der Waals surface area contributed by atoms with Gasteiger partial charge in [0.1, 0.15) is 0 Å². The smallest absolute Gasteiger partial charge is 0.0272 e. The summed E-state index contributed by atoms with van der Waals surface area (Å²) in [5, 5.41) is 0. The molecular formula is C16H26S. The van der Waals surface area contributed by atoms with Crippen molar-refractivity contribution in [2.45, 2.75) is 46.5 Å². The molecular weight excluding hydrogens is 224 g/mol. The quantitative estimate of drug-likeness (QED) is 0.606. The minimum absolute atomic E-state index is 0. The summed E-state index contributed by atoms with van der Waals surface area (Å²) < 4.78 is 0. The van der Waals surface area contributed by atoms with Crippen molar-refractivity contribution in [3.8, 4) is 0 Å². The van der Waals surface area contributed by atoms with Crippen LogP contribution in [-0.4, -0.2) is 0 Å². The van der Waals surface area contributed by atoms with Crippen LogP contribution in [0.2, 0.25) is 0 Å². The van der Waals surface area contributed by atoms with E-state index in [-0.39, 0.29) is 13.5 Å². The molecule has 0 aromatic heterocycles. The van der Waals surface area contributed by atoms with E-state index in [1.165, 1.54) is 25.7 Å². The van der Waals surface area contributed by atoms with Crippen molar-refractivity contribution < 1.29 is 0 Å². The highest BCUT2D eigenvalue weighted by Crippen LogP contribution is 2.65. The molecule has 1 heteroatoms. The molecule has 0 aliphatic heterocycles. The van der Waals surface area contributed by atoms with Crippen LogP contribution in [0.25, 0.3) is 0 Å².